The summed E-state index contributed by atoms with van der Waals surface area (Å²) in [6.45, 7) is 3.49. The molecule has 0 bridgehead atoms. The number of imidazole rings is 1. The van der Waals surface area contributed by atoms with Gasteiger partial charge in [-0.2, -0.15) is 0 Å². The van der Waals surface area contributed by atoms with E-state index in [0.717, 1.165) is 36.2 Å². The SMILES string of the molecule is CCCCN(C)C(=O)Cn1c(CCNC(=O)c2ccccc2OC)nc2ccccc21. The fourth-order valence-corrected chi connectivity index (χ4v) is 3.48. The van der Waals surface area contributed by atoms with Crippen LogP contribution in [0.25, 0.3) is 11.0 Å². The van der Waals surface area contributed by atoms with Gasteiger partial charge in [-0.05, 0) is 30.7 Å². The minimum atomic E-state index is -0.199. The minimum absolute atomic E-state index is 0.0518. The highest BCUT2D eigenvalue weighted by molar-refractivity contribution is 5.96. The number of fused-ring (bicyclic) bond motifs is 1. The monoisotopic (exact) mass is 422 g/mol. The number of para-hydroxylation sites is 3. The van der Waals surface area contributed by atoms with Crippen molar-refractivity contribution in [2.45, 2.75) is 32.7 Å². The highest BCUT2D eigenvalue weighted by atomic mass is 16.5. The molecule has 1 aromatic heterocycles. The molecular weight excluding hydrogens is 392 g/mol. The lowest BCUT2D eigenvalue weighted by Crippen LogP contribution is -2.32. The lowest BCUT2D eigenvalue weighted by molar-refractivity contribution is -0.130. The molecule has 0 aliphatic carbocycles. The third-order valence-electron chi connectivity index (χ3n) is 5.29. The number of ether oxygens (including phenoxy) is 1. The molecule has 1 N–H and O–H groups in total. The molecule has 0 saturated heterocycles. The second-order valence-electron chi connectivity index (χ2n) is 7.48. The Hall–Kier alpha value is -3.35. The molecule has 3 rings (SSSR count). The van der Waals surface area contributed by atoms with Crippen LogP contribution in [0.3, 0.4) is 0 Å². The standard InChI is InChI=1S/C24H30N4O3/c1-4-5-16-27(2)23(29)17-28-20-12-8-7-11-19(20)26-22(28)14-15-25-24(30)18-10-6-9-13-21(18)31-3/h6-13H,4-5,14-17H2,1-3H3,(H,25,30). The van der Waals surface area contributed by atoms with E-state index in [0.29, 0.717) is 24.3 Å². The molecule has 2 amide bonds. The second-order valence-corrected chi connectivity index (χ2v) is 7.48. The fourth-order valence-electron chi connectivity index (χ4n) is 3.48. The van der Waals surface area contributed by atoms with E-state index in [1.54, 1.807) is 30.2 Å². The van der Waals surface area contributed by atoms with Gasteiger partial charge in [0.05, 0.1) is 23.7 Å². The molecular formula is C24H30N4O3. The van der Waals surface area contributed by atoms with Crippen LogP contribution < -0.4 is 10.1 Å². The Balaban J connectivity index is 1.72. The smallest absolute Gasteiger partial charge is 0.255 e. The van der Waals surface area contributed by atoms with Crippen molar-refractivity contribution < 1.29 is 14.3 Å². The van der Waals surface area contributed by atoms with E-state index < -0.39 is 0 Å². The number of carbonyl (C=O) groups excluding carboxylic acids is 2. The Labute approximate surface area is 183 Å². The van der Waals surface area contributed by atoms with E-state index in [4.69, 9.17) is 9.72 Å². The Morgan fingerprint density at radius 1 is 1.13 bits per heavy atom. The van der Waals surface area contributed by atoms with Crippen molar-refractivity contribution in [3.8, 4) is 5.75 Å². The average molecular weight is 423 g/mol. The molecule has 0 aliphatic heterocycles. The average Bonchev–Trinajstić information content (AvgIpc) is 3.14. The molecule has 2 aromatic carbocycles. The van der Waals surface area contributed by atoms with Crippen LogP contribution in [-0.2, 0) is 17.8 Å². The van der Waals surface area contributed by atoms with Crippen LogP contribution in [0.5, 0.6) is 5.75 Å². The Kier molecular flexibility index (Phi) is 7.65. The molecule has 0 fully saturated rings. The van der Waals surface area contributed by atoms with Gasteiger partial charge in [-0.25, -0.2) is 4.98 Å². The lowest BCUT2D eigenvalue weighted by Gasteiger charge is -2.18. The van der Waals surface area contributed by atoms with Gasteiger partial charge in [-0.3, -0.25) is 9.59 Å². The number of carbonyl (C=O) groups is 2. The van der Waals surface area contributed by atoms with Crippen LogP contribution >= 0.6 is 0 Å². The number of aromatic nitrogens is 2. The topological polar surface area (TPSA) is 76.5 Å². The number of likely N-dealkylation sites (N-methyl/N-ethyl adjacent to an activating group) is 1. The van der Waals surface area contributed by atoms with Crippen LogP contribution in [0.4, 0.5) is 0 Å². The highest BCUT2D eigenvalue weighted by Gasteiger charge is 2.17. The van der Waals surface area contributed by atoms with Gasteiger partial charge in [0, 0.05) is 26.6 Å². The number of rotatable bonds is 10. The first-order valence-electron chi connectivity index (χ1n) is 10.6. The number of unbranched alkanes of at least 4 members (excludes halogenated alkanes) is 1. The van der Waals surface area contributed by atoms with Crippen LogP contribution in [0.2, 0.25) is 0 Å². The molecule has 0 unspecified atom stereocenters. The quantitative estimate of drug-likeness (QED) is 0.544. The molecule has 0 spiro atoms. The number of methoxy groups -OCH3 is 1. The number of nitrogens with zero attached hydrogens (tertiary/aromatic N) is 3. The van der Waals surface area contributed by atoms with Crippen molar-refractivity contribution in [1.29, 1.82) is 0 Å². The summed E-state index contributed by atoms with van der Waals surface area (Å²) in [6, 6.07) is 14.9. The summed E-state index contributed by atoms with van der Waals surface area (Å²) in [5.41, 5.74) is 2.26. The third-order valence-corrected chi connectivity index (χ3v) is 5.29. The van der Waals surface area contributed by atoms with Crippen LogP contribution in [-0.4, -0.2) is 53.5 Å². The summed E-state index contributed by atoms with van der Waals surface area (Å²) in [5.74, 6) is 1.16. The summed E-state index contributed by atoms with van der Waals surface area (Å²) in [5, 5.41) is 2.93. The number of benzene rings is 2. The van der Waals surface area contributed by atoms with E-state index in [2.05, 4.69) is 12.2 Å². The molecule has 0 saturated carbocycles. The Morgan fingerprint density at radius 2 is 1.87 bits per heavy atom. The number of hydrogen-bond donors (Lipinski definition) is 1. The Bertz CT molecular complexity index is 1040. The lowest BCUT2D eigenvalue weighted by atomic mass is 10.2. The fraction of sp³-hybridized carbons (Fsp3) is 0.375. The zero-order valence-electron chi connectivity index (χ0n) is 18.4. The van der Waals surface area contributed by atoms with Crippen LogP contribution in [0.15, 0.2) is 48.5 Å². The maximum absolute atomic E-state index is 12.7. The van der Waals surface area contributed by atoms with Crippen LogP contribution in [0.1, 0.15) is 35.9 Å². The first kappa shape index (κ1) is 22.3. The maximum Gasteiger partial charge on any atom is 0.255 e. The molecule has 0 radical (unpaired) electrons. The van der Waals surface area contributed by atoms with Crippen LogP contribution in [0, 0.1) is 0 Å². The van der Waals surface area contributed by atoms with E-state index in [1.807, 2.05) is 41.9 Å². The van der Waals surface area contributed by atoms with Crippen molar-refractivity contribution >= 4 is 22.8 Å². The summed E-state index contributed by atoms with van der Waals surface area (Å²) in [6.07, 6.45) is 2.54. The molecule has 7 heteroatoms. The van der Waals surface area contributed by atoms with Crippen molar-refractivity contribution in [2.75, 3.05) is 27.2 Å². The van der Waals surface area contributed by atoms with E-state index in [-0.39, 0.29) is 18.4 Å². The molecule has 0 aliphatic rings. The molecule has 31 heavy (non-hydrogen) atoms. The largest absolute Gasteiger partial charge is 0.496 e. The molecule has 0 atom stereocenters. The zero-order chi connectivity index (χ0) is 22.2. The van der Waals surface area contributed by atoms with Crippen molar-refractivity contribution in [1.82, 2.24) is 19.8 Å². The normalized spacial score (nSPS) is 10.8. The molecule has 3 aromatic rings. The van der Waals surface area contributed by atoms with Gasteiger partial charge in [0.15, 0.2) is 0 Å². The first-order chi connectivity index (χ1) is 15.0. The third kappa shape index (κ3) is 5.42. The summed E-state index contributed by atoms with van der Waals surface area (Å²) in [7, 11) is 3.38. The number of nitrogens with one attached hydrogen (secondary N) is 1. The summed E-state index contributed by atoms with van der Waals surface area (Å²) in [4.78, 5) is 31.8. The van der Waals surface area contributed by atoms with Crippen molar-refractivity contribution in [3.63, 3.8) is 0 Å². The maximum atomic E-state index is 12.7. The summed E-state index contributed by atoms with van der Waals surface area (Å²) >= 11 is 0. The van der Waals surface area contributed by atoms with Crippen molar-refractivity contribution in [2.24, 2.45) is 0 Å². The van der Waals surface area contributed by atoms with Gasteiger partial charge in [0.1, 0.15) is 18.1 Å². The van der Waals surface area contributed by atoms with Gasteiger partial charge < -0.3 is 19.5 Å². The van der Waals surface area contributed by atoms with Gasteiger partial charge >= 0.3 is 0 Å². The van der Waals surface area contributed by atoms with Gasteiger partial charge in [0.2, 0.25) is 5.91 Å². The van der Waals surface area contributed by atoms with E-state index in [1.165, 1.54) is 0 Å². The molecule has 1 heterocycles. The Morgan fingerprint density at radius 3 is 2.65 bits per heavy atom. The van der Waals surface area contributed by atoms with Crippen molar-refractivity contribution in [3.05, 3.63) is 59.9 Å². The zero-order valence-corrected chi connectivity index (χ0v) is 18.4. The van der Waals surface area contributed by atoms with E-state index in [9.17, 15) is 9.59 Å². The first-order valence-corrected chi connectivity index (χ1v) is 10.6. The summed E-state index contributed by atoms with van der Waals surface area (Å²) < 4.78 is 7.22. The van der Waals surface area contributed by atoms with E-state index >= 15 is 0 Å². The molecule has 164 valence electrons. The predicted octanol–water partition coefficient (Wildman–Crippen LogP) is 3.28. The second kappa shape index (κ2) is 10.6. The number of hydrogen-bond acceptors (Lipinski definition) is 4. The van der Waals surface area contributed by atoms with Gasteiger partial charge in [-0.1, -0.05) is 37.6 Å². The van der Waals surface area contributed by atoms with Gasteiger partial charge in [-0.15, -0.1) is 0 Å². The highest BCUT2D eigenvalue weighted by Crippen LogP contribution is 2.18. The predicted molar refractivity (Wildman–Crippen MR) is 121 cm³/mol. The molecule has 7 nitrogen and oxygen atoms in total. The van der Waals surface area contributed by atoms with Gasteiger partial charge in [0.25, 0.3) is 5.91 Å². The minimum Gasteiger partial charge on any atom is -0.496 e. The number of amides is 2.